The second-order valence-corrected chi connectivity index (χ2v) is 7.18. The lowest BCUT2D eigenvalue weighted by Crippen LogP contribution is -2.56. The van der Waals surface area contributed by atoms with Gasteiger partial charge in [-0.25, -0.2) is 0 Å². The zero-order valence-corrected chi connectivity index (χ0v) is 12.8. The Morgan fingerprint density at radius 3 is 2.23 bits per heavy atom. The third-order valence-electron chi connectivity index (χ3n) is 6.02. The molecule has 1 heterocycles. The normalized spacial score (nSPS) is 38.0. The van der Waals surface area contributed by atoms with E-state index in [0.717, 1.165) is 12.8 Å². The minimum atomic E-state index is -0.718. The molecule has 0 aromatic rings. The van der Waals surface area contributed by atoms with Crippen LogP contribution in [0.4, 0.5) is 0 Å². The molecular formula is C16H24N2O4. The fraction of sp³-hybridized carbons (Fsp3) is 0.812. The summed E-state index contributed by atoms with van der Waals surface area (Å²) in [5.41, 5.74) is -1.06. The highest BCUT2D eigenvalue weighted by Gasteiger charge is 2.55. The van der Waals surface area contributed by atoms with E-state index >= 15 is 0 Å². The molecule has 0 spiro atoms. The summed E-state index contributed by atoms with van der Waals surface area (Å²) >= 11 is 0. The molecule has 3 N–H and O–H groups in total. The highest BCUT2D eigenvalue weighted by Crippen LogP contribution is 2.57. The molecule has 0 aromatic carbocycles. The number of fused-ring (bicyclic) bond motifs is 3. The van der Waals surface area contributed by atoms with E-state index in [4.69, 9.17) is 0 Å². The first kappa shape index (κ1) is 15.3. The Labute approximate surface area is 130 Å². The Morgan fingerprint density at radius 2 is 1.64 bits per heavy atom. The van der Waals surface area contributed by atoms with Gasteiger partial charge in [0.25, 0.3) is 0 Å². The largest absolute Gasteiger partial charge is 0.481 e. The Hall–Kier alpha value is -1.59. The summed E-state index contributed by atoms with van der Waals surface area (Å²) in [4.78, 5) is 36.2. The summed E-state index contributed by atoms with van der Waals surface area (Å²) in [6.45, 7) is 0.678. The van der Waals surface area contributed by atoms with E-state index in [1.54, 1.807) is 0 Å². The predicted octanol–water partition coefficient (Wildman–Crippen LogP) is 1.20. The van der Waals surface area contributed by atoms with Crippen molar-refractivity contribution in [2.45, 2.75) is 63.8 Å². The second kappa shape index (κ2) is 5.56. The standard InChI is InChI=1S/C16H24N2O4/c19-12-11(3-1-2-10-17-12)18-13(20)15-4-7-16(8-5-15,9-6-15)14(21)22/h11H,1-10H2,(H,17,19)(H,18,20)(H,21,22). The molecule has 2 bridgehead atoms. The Bertz CT molecular complexity index is 478. The molecule has 2 amide bonds. The molecule has 6 nitrogen and oxygen atoms in total. The summed E-state index contributed by atoms with van der Waals surface area (Å²) in [5.74, 6) is -0.855. The molecule has 1 aliphatic heterocycles. The van der Waals surface area contributed by atoms with Crippen molar-refractivity contribution in [3.05, 3.63) is 0 Å². The van der Waals surface area contributed by atoms with E-state index in [1.807, 2.05) is 0 Å². The van der Waals surface area contributed by atoms with Crippen molar-refractivity contribution in [1.82, 2.24) is 10.6 Å². The van der Waals surface area contributed by atoms with Crippen molar-refractivity contribution < 1.29 is 19.5 Å². The number of carbonyl (C=O) groups is 3. The van der Waals surface area contributed by atoms with Gasteiger partial charge in [-0.05, 0) is 57.8 Å². The van der Waals surface area contributed by atoms with Gasteiger partial charge in [0, 0.05) is 12.0 Å². The lowest BCUT2D eigenvalue weighted by atomic mass is 9.53. The molecule has 1 unspecified atom stereocenters. The molecule has 4 aliphatic rings. The van der Waals surface area contributed by atoms with Gasteiger partial charge in [0.1, 0.15) is 6.04 Å². The molecule has 1 atom stereocenters. The topological polar surface area (TPSA) is 95.5 Å². The maximum atomic E-state index is 12.7. The first-order valence-corrected chi connectivity index (χ1v) is 8.30. The molecular weight excluding hydrogens is 284 g/mol. The van der Waals surface area contributed by atoms with Crippen LogP contribution in [0.25, 0.3) is 0 Å². The molecule has 22 heavy (non-hydrogen) atoms. The number of hydrogen-bond acceptors (Lipinski definition) is 3. The lowest BCUT2D eigenvalue weighted by Gasteiger charge is -2.50. The molecule has 4 rings (SSSR count). The smallest absolute Gasteiger partial charge is 0.309 e. The number of carboxylic acid groups (broad SMARTS) is 1. The Morgan fingerprint density at radius 1 is 1.05 bits per heavy atom. The van der Waals surface area contributed by atoms with E-state index in [2.05, 4.69) is 10.6 Å². The quantitative estimate of drug-likeness (QED) is 0.730. The van der Waals surface area contributed by atoms with E-state index < -0.39 is 22.8 Å². The Kier molecular flexibility index (Phi) is 3.87. The summed E-state index contributed by atoms with van der Waals surface area (Å²) in [6.07, 6.45) is 6.17. The molecule has 6 heteroatoms. The molecule has 0 aromatic heterocycles. The summed E-state index contributed by atoms with van der Waals surface area (Å²) in [6, 6.07) is -0.433. The number of carboxylic acids is 1. The number of rotatable bonds is 3. The van der Waals surface area contributed by atoms with Gasteiger partial charge in [-0.1, -0.05) is 0 Å². The van der Waals surface area contributed by atoms with Gasteiger partial charge in [-0.3, -0.25) is 14.4 Å². The third kappa shape index (κ3) is 2.48. The summed E-state index contributed by atoms with van der Waals surface area (Å²) < 4.78 is 0. The monoisotopic (exact) mass is 308 g/mol. The van der Waals surface area contributed by atoms with Gasteiger partial charge in [0.05, 0.1) is 5.41 Å². The van der Waals surface area contributed by atoms with Crippen molar-refractivity contribution in [1.29, 1.82) is 0 Å². The zero-order valence-electron chi connectivity index (χ0n) is 12.8. The maximum Gasteiger partial charge on any atom is 0.309 e. The Balaban J connectivity index is 1.66. The van der Waals surface area contributed by atoms with E-state index in [9.17, 15) is 19.5 Å². The van der Waals surface area contributed by atoms with E-state index in [1.165, 1.54) is 0 Å². The van der Waals surface area contributed by atoms with Crippen molar-refractivity contribution in [2.24, 2.45) is 10.8 Å². The summed E-state index contributed by atoms with van der Waals surface area (Å²) in [5, 5.41) is 15.2. The van der Waals surface area contributed by atoms with Crippen molar-refractivity contribution in [2.75, 3.05) is 6.54 Å². The van der Waals surface area contributed by atoms with Crippen LogP contribution >= 0.6 is 0 Å². The van der Waals surface area contributed by atoms with Crippen molar-refractivity contribution in [3.63, 3.8) is 0 Å². The first-order chi connectivity index (χ1) is 10.5. The molecule has 1 saturated heterocycles. The minimum absolute atomic E-state index is 0.0479. The van der Waals surface area contributed by atoms with Crippen molar-refractivity contribution >= 4 is 17.8 Å². The first-order valence-electron chi connectivity index (χ1n) is 8.30. The van der Waals surface area contributed by atoms with E-state index in [-0.39, 0.29) is 11.8 Å². The van der Waals surface area contributed by atoms with Gasteiger partial charge in [0.15, 0.2) is 0 Å². The van der Waals surface area contributed by atoms with Crippen LogP contribution in [0.3, 0.4) is 0 Å². The fourth-order valence-corrected chi connectivity index (χ4v) is 4.24. The predicted molar refractivity (Wildman–Crippen MR) is 79.0 cm³/mol. The van der Waals surface area contributed by atoms with Crippen LogP contribution in [0, 0.1) is 10.8 Å². The van der Waals surface area contributed by atoms with Gasteiger partial charge < -0.3 is 15.7 Å². The van der Waals surface area contributed by atoms with Crippen molar-refractivity contribution in [3.8, 4) is 0 Å². The minimum Gasteiger partial charge on any atom is -0.481 e. The van der Waals surface area contributed by atoms with Gasteiger partial charge >= 0.3 is 5.97 Å². The molecule has 122 valence electrons. The average molecular weight is 308 g/mol. The zero-order chi connectivity index (χ0) is 15.8. The second-order valence-electron chi connectivity index (χ2n) is 7.18. The highest BCUT2D eigenvalue weighted by atomic mass is 16.4. The van der Waals surface area contributed by atoms with Gasteiger partial charge in [-0.15, -0.1) is 0 Å². The number of hydrogen-bond donors (Lipinski definition) is 3. The number of aliphatic carboxylic acids is 1. The third-order valence-corrected chi connectivity index (χ3v) is 6.02. The van der Waals surface area contributed by atoms with Crippen LogP contribution in [-0.4, -0.2) is 35.5 Å². The number of amides is 2. The molecule has 3 saturated carbocycles. The highest BCUT2D eigenvalue weighted by molar-refractivity contribution is 5.91. The lowest BCUT2D eigenvalue weighted by molar-refractivity contribution is -0.163. The SMILES string of the molecule is O=C1NCCCCC1NC(=O)C12CCC(C(=O)O)(CC1)CC2. The van der Waals surface area contributed by atoms with Crippen LogP contribution < -0.4 is 10.6 Å². The van der Waals surface area contributed by atoms with E-state index in [0.29, 0.717) is 51.5 Å². The van der Waals surface area contributed by atoms with Crippen LogP contribution in [0.5, 0.6) is 0 Å². The molecule has 0 radical (unpaired) electrons. The van der Waals surface area contributed by atoms with Crippen LogP contribution in [0.1, 0.15) is 57.8 Å². The molecule has 3 aliphatic carbocycles. The van der Waals surface area contributed by atoms with Gasteiger partial charge in [-0.2, -0.15) is 0 Å². The van der Waals surface area contributed by atoms with Crippen LogP contribution in [0.15, 0.2) is 0 Å². The van der Waals surface area contributed by atoms with Crippen LogP contribution in [-0.2, 0) is 14.4 Å². The number of nitrogens with one attached hydrogen (secondary N) is 2. The maximum absolute atomic E-state index is 12.7. The molecule has 4 fully saturated rings. The fourth-order valence-electron chi connectivity index (χ4n) is 4.24. The van der Waals surface area contributed by atoms with Crippen LogP contribution in [0.2, 0.25) is 0 Å². The number of carbonyl (C=O) groups excluding carboxylic acids is 2. The summed E-state index contributed by atoms with van der Waals surface area (Å²) in [7, 11) is 0. The average Bonchev–Trinajstić information content (AvgIpc) is 2.74. The van der Waals surface area contributed by atoms with Gasteiger partial charge in [0.2, 0.25) is 11.8 Å².